The quantitative estimate of drug-likeness (QED) is 0.685. The molecule has 14 heavy (non-hydrogen) atoms. The first-order chi connectivity index (χ1) is 6.68. The van der Waals surface area contributed by atoms with Crippen LogP contribution in [0.2, 0.25) is 0 Å². The number of fused-ring (bicyclic) bond motifs is 1. The fraction of sp³-hybridized carbons (Fsp3) is 0.455. The van der Waals surface area contributed by atoms with Gasteiger partial charge in [0.2, 0.25) is 0 Å². The second-order valence-corrected chi connectivity index (χ2v) is 3.88. The Labute approximate surface area is 82.1 Å². The Bertz CT molecular complexity index is 338. The van der Waals surface area contributed by atoms with E-state index in [1.54, 1.807) is 0 Å². The van der Waals surface area contributed by atoms with Gasteiger partial charge in [-0.2, -0.15) is 0 Å². The average molecular weight is 192 g/mol. The van der Waals surface area contributed by atoms with Crippen molar-refractivity contribution in [2.75, 3.05) is 0 Å². The Balaban J connectivity index is 2.20. The fourth-order valence-electron chi connectivity index (χ4n) is 2.18. The van der Waals surface area contributed by atoms with Gasteiger partial charge in [-0.1, -0.05) is 18.2 Å². The zero-order chi connectivity index (χ0) is 10.1. The van der Waals surface area contributed by atoms with E-state index in [1.165, 1.54) is 0 Å². The van der Waals surface area contributed by atoms with Crippen molar-refractivity contribution in [2.24, 2.45) is 11.8 Å². The van der Waals surface area contributed by atoms with Crippen LogP contribution in [0.15, 0.2) is 23.8 Å². The molecule has 0 aromatic rings. The molecule has 0 heterocycles. The van der Waals surface area contributed by atoms with Crippen LogP contribution in [0.25, 0.3) is 0 Å². The van der Waals surface area contributed by atoms with Gasteiger partial charge >= 0.3 is 5.97 Å². The molecule has 2 aliphatic rings. The molecular weight excluding hydrogens is 180 g/mol. The van der Waals surface area contributed by atoms with Gasteiger partial charge in [0.15, 0.2) is 5.78 Å². The smallest absolute Gasteiger partial charge is 0.306 e. The molecule has 0 aliphatic heterocycles. The number of carboxylic acids is 1. The van der Waals surface area contributed by atoms with Gasteiger partial charge in [0, 0.05) is 6.42 Å². The normalized spacial score (nSPS) is 30.9. The van der Waals surface area contributed by atoms with Crippen LogP contribution >= 0.6 is 0 Å². The van der Waals surface area contributed by atoms with Gasteiger partial charge in [-0.3, -0.25) is 9.59 Å². The second kappa shape index (κ2) is 3.40. The van der Waals surface area contributed by atoms with E-state index in [0.717, 1.165) is 12.0 Å². The number of ketones is 1. The third-order valence-electron chi connectivity index (χ3n) is 2.94. The van der Waals surface area contributed by atoms with E-state index < -0.39 is 11.9 Å². The molecule has 2 rings (SSSR count). The van der Waals surface area contributed by atoms with Crippen molar-refractivity contribution in [3.8, 4) is 0 Å². The lowest BCUT2D eigenvalue weighted by atomic mass is 9.74. The zero-order valence-corrected chi connectivity index (χ0v) is 7.77. The highest BCUT2D eigenvalue weighted by Crippen LogP contribution is 2.35. The van der Waals surface area contributed by atoms with Gasteiger partial charge in [-0.15, -0.1) is 0 Å². The highest BCUT2D eigenvalue weighted by molar-refractivity contribution is 5.99. The van der Waals surface area contributed by atoms with Crippen LogP contribution in [0.5, 0.6) is 0 Å². The van der Waals surface area contributed by atoms with E-state index in [4.69, 9.17) is 5.11 Å². The molecule has 74 valence electrons. The van der Waals surface area contributed by atoms with Gasteiger partial charge in [0.25, 0.3) is 0 Å². The summed E-state index contributed by atoms with van der Waals surface area (Å²) in [6.45, 7) is 0. The molecule has 2 atom stereocenters. The summed E-state index contributed by atoms with van der Waals surface area (Å²) >= 11 is 0. The fourth-order valence-corrected chi connectivity index (χ4v) is 2.18. The number of hydrogen-bond acceptors (Lipinski definition) is 2. The zero-order valence-electron chi connectivity index (χ0n) is 7.77. The second-order valence-electron chi connectivity index (χ2n) is 3.88. The van der Waals surface area contributed by atoms with Crippen molar-refractivity contribution in [3.05, 3.63) is 23.8 Å². The van der Waals surface area contributed by atoms with Crippen molar-refractivity contribution in [3.63, 3.8) is 0 Å². The minimum atomic E-state index is -0.841. The summed E-state index contributed by atoms with van der Waals surface area (Å²) in [5.74, 6) is -1.16. The summed E-state index contributed by atoms with van der Waals surface area (Å²) in [7, 11) is 0. The van der Waals surface area contributed by atoms with Gasteiger partial charge < -0.3 is 5.11 Å². The number of carbonyl (C=O) groups excluding carboxylic acids is 1. The van der Waals surface area contributed by atoms with Crippen LogP contribution in [0, 0.1) is 11.8 Å². The largest absolute Gasteiger partial charge is 0.481 e. The van der Waals surface area contributed by atoms with E-state index in [-0.39, 0.29) is 18.1 Å². The highest BCUT2D eigenvalue weighted by Gasteiger charge is 2.35. The molecule has 2 aliphatic carbocycles. The Kier molecular flexibility index (Phi) is 2.23. The van der Waals surface area contributed by atoms with Gasteiger partial charge in [0.05, 0.1) is 5.92 Å². The standard InChI is InChI=1S/C11H12O3/c12-10-6-8(11(13)14)5-7-3-1-2-4-9(7)10/h1-2,4,7-8H,3,5-6H2,(H,13,14). The third-order valence-corrected chi connectivity index (χ3v) is 2.94. The van der Waals surface area contributed by atoms with E-state index >= 15 is 0 Å². The number of Topliss-reactive ketones (excluding diaryl/α,β-unsaturated/α-hetero) is 1. The lowest BCUT2D eigenvalue weighted by Crippen LogP contribution is -2.30. The molecule has 2 unspecified atom stereocenters. The molecule has 0 amide bonds. The Morgan fingerprint density at radius 2 is 2.29 bits per heavy atom. The van der Waals surface area contributed by atoms with Gasteiger partial charge in [0.1, 0.15) is 0 Å². The summed E-state index contributed by atoms with van der Waals surface area (Å²) in [6, 6.07) is 0. The maximum Gasteiger partial charge on any atom is 0.306 e. The predicted molar refractivity (Wildman–Crippen MR) is 50.7 cm³/mol. The molecule has 0 aromatic carbocycles. The van der Waals surface area contributed by atoms with Crippen LogP contribution < -0.4 is 0 Å². The predicted octanol–water partition coefficient (Wildman–Crippen LogP) is 1.55. The molecule has 1 N–H and O–H groups in total. The minimum Gasteiger partial charge on any atom is -0.481 e. The number of rotatable bonds is 1. The summed E-state index contributed by atoms with van der Waals surface area (Å²) in [4.78, 5) is 22.4. The molecule has 0 spiro atoms. The lowest BCUT2D eigenvalue weighted by molar-refractivity contribution is -0.145. The summed E-state index contributed by atoms with van der Waals surface area (Å²) in [5.41, 5.74) is 0.824. The number of hydrogen-bond donors (Lipinski definition) is 1. The molecule has 0 aromatic heterocycles. The number of carboxylic acid groups (broad SMARTS) is 1. The van der Waals surface area contributed by atoms with E-state index in [1.807, 2.05) is 18.2 Å². The van der Waals surface area contributed by atoms with E-state index in [2.05, 4.69) is 0 Å². The van der Waals surface area contributed by atoms with E-state index in [9.17, 15) is 9.59 Å². The first-order valence-electron chi connectivity index (χ1n) is 4.81. The van der Waals surface area contributed by atoms with Crippen LogP contribution in [0.4, 0.5) is 0 Å². The van der Waals surface area contributed by atoms with Gasteiger partial charge in [-0.05, 0) is 24.3 Å². The van der Waals surface area contributed by atoms with Crippen molar-refractivity contribution < 1.29 is 14.7 Å². The topological polar surface area (TPSA) is 54.4 Å². The molecule has 0 saturated heterocycles. The first-order valence-corrected chi connectivity index (χ1v) is 4.81. The highest BCUT2D eigenvalue weighted by atomic mass is 16.4. The molecule has 3 heteroatoms. The number of allylic oxidation sites excluding steroid dienone is 4. The molecule has 0 bridgehead atoms. The van der Waals surface area contributed by atoms with Crippen LogP contribution in [0.1, 0.15) is 19.3 Å². The van der Waals surface area contributed by atoms with Crippen LogP contribution in [-0.2, 0) is 9.59 Å². The third kappa shape index (κ3) is 1.50. The maximum atomic E-state index is 11.6. The SMILES string of the molecule is O=C1CC(C(=O)O)CC2CC=CC=C12. The molecule has 1 fully saturated rings. The van der Waals surface area contributed by atoms with E-state index in [0.29, 0.717) is 6.42 Å². The number of aliphatic carboxylic acids is 1. The Morgan fingerprint density at radius 1 is 1.50 bits per heavy atom. The van der Waals surface area contributed by atoms with Crippen molar-refractivity contribution in [2.45, 2.75) is 19.3 Å². The van der Waals surface area contributed by atoms with Gasteiger partial charge in [-0.25, -0.2) is 0 Å². The van der Waals surface area contributed by atoms with Crippen LogP contribution in [-0.4, -0.2) is 16.9 Å². The maximum absolute atomic E-state index is 11.6. The van der Waals surface area contributed by atoms with Crippen molar-refractivity contribution >= 4 is 11.8 Å². The summed E-state index contributed by atoms with van der Waals surface area (Å²) in [5, 5.41) is 8.86. The lowest BCUT2D eigenvalue weighted by Gasteiger charge is -2.29. The summed E-state index contributed by atoms with van der Waals surface area (Å²) < 4.78 is 0. The molecule has 3 nitrogen and oxygen atoms in total. The monoisotopic (exact) mass is 192 g/mol. The minimum absolute atomic E-state index is 0.0120. The van der Waals surface area contributed by atoms with Crippen molar-refractivity contribution in [1.82, 2.24) is 0 Å². The molecule has 0 radical (unpaired) electrons. The first kappa shape index (κ1) is 9.19. The molecular formula is C11H12O3. The Morgan fingerprint density at radius 3 is 3.00 bits per heavy atom. The van der Waals surface area contributed by atoms with Crippen LogP contribution in [0.3, 0.4) is 0 Å². The number of carbonyl (C=O) groups is 2. The molecule has 1 saturated carbocycles. The summed E-state index contributed by atoms with van der Waals surface area (Å²) in [6.07, 6.45) is 7.29. The average Bonchev–Trinajstić information content (AvgIpc) is 2.17. The van der Waals surface area contributed by atoms with Crippen molar-refractivity contribution in [1.29, 1.82) is 0 Å². The Hall–Kier alpha value is -1.38.